The fourth-order valence-electron chi connectivity index (χ4n) is 1.62. The summed E-state index contributed by atoms with van der Waals surface area (Å²) in [7, 11) is 1.53. The summed E-state index contributed by atoms with van der Waals surface area (Å²) in [5.74, 6) is 1.34. The Hall–Kier alpha value is -1.36. The number of methoxy groups -OCH3 is 1. The number of thioether (sulfide) groups is 1. The second kappa shape index (κ2) is 7.16. The molecule has 100 valence electrons. The maximum absolute atomic E-state index is 12.1. The van der Waals surface area contributed by atoms with Gasteiger partial charge in [0.2, 0.25) is 0 Å². The van der Waals surface area contributed by atoms with Crippen LogP contribution in [0.15, 0.2) is 18.2 Å². The van der Waals surface area contributed by atoms with Gasteiger partial charge in [-0.1, -0.05) is 6.07 Å². The average Bonchev–Trinajstić information content (AvgIpc) is 2.35. The molecule has 18 heavy (non-hydrogen) atoms. The topological polar surface area (TPSA) is 64.3 Å². The van der Waals surface area contributed by atoms with Gasteiger partial charge in [-0.3, -0.25) is 4.79 Å². The molecule has 0 saturated heterocycles. The van der Waals surface area contributed by atoms with Crippen LogP contribution < -0.4 is 15.8 Å². The Morgan fingerprint density at radius 3 is 2.89 bits per heavy atom. The molecule has 3 N–H and O–H groups in total. The third-order valence-electron chi connectivity index (χ3n) is 2.64. The molecule has 4 nitrogen and oxygen atoms in total. The molecule has 0 spiro atoms. The molecule has 1 unspecified atom stereocenters. The van der Waals surface area contributed by atoms with E-state index in [9.17, 15) is 4.79 Å². The molecule has 0 aliphatic heterocycles. The standard InChI is InChI=1S/C13H20N2O2S/c1-9(7-8-18-3)15-13(16)12-10(14)5-4-6-11(12)17-2/h4-6,9H,7-8,14H2,1-3H3,(H,15,16). The first-order chi connectivity index (χ1) is 8.60. The zero-order chi connectivity index (χ0) is 13.5. The summed E-state index contributed by atoms with van der Waals surface area (Å²) >= 11 is 1.76. The molecule has 0 radical (unpaired) electrons. The monoisotopic (exact) mass is 268 g/mol. The van der Waals surface area contributed by atoms with Crippen LogP contribution in [0.4, 0.5) is 5.69 Å². The number of nitrogen functional groups attached to an aromatic ring is 1. The SMILES string of the molecule is COc1cccc(N)c1C(=O)NC(C)CCSC. The molecule has 1 rings (SSSR count). The van der Waals surface area contributed by atoms with Gasteiger partial charge >= 0.3 is 0 Å². The lowest BCUT2D eigenvalue weighted by atomic mass is 10.1. The first-order valence-corrected chi connectivity index (χ1v) is 7.21. The maximum Gasteiger partial charge on any atom is 0.257 e. The van der Waals surface area contributed by atoms with E-state index in [4.69, 9.17) is 10.5 Å². The number of ether oxygens (including phenoxy) is 1. The van der Waals surface area contributed by atoms with E-state index in [0.29, 0.717) is 17.0 Å². The number of carbonyl (C=O) groups is 1. The minimum absolute atomic E-state index is 0.120. The van der Waals surface area contributed by atoms with Crippen LogP contribution >= 0.6 is 11.8 Å². The molecule has 0 aliphatic carbocycles. The second-order valence-corrected chi connectivity index (χ2v) is 5.07. The van der Waals surface area contributed by atoms with Gasteiger partial charge in [0, 0.05) is 11.7 Å². The van der Waals surface area contributed by atoms with Crippen LogP contribution in [0.2, 0.25) is 0 Å². The number of amides is 1. The van der Waals surface area contributed by atoms with Crippen molar-refractivity contribution in [1.29, 1.82) is 0 Å². The van der Waals surface area contributed by atoms with Crippen molar-refractivity contribution in [3.63, 3.8) is 0 Å². The van der Waals surface area contributed by atoms with Gasteiger partial charge in [-0.2, -0.15) is 11.8 Å². The highest BCUT2D eigenvalue weighted by Gasteiger charge is 2.17. The van der Waals surface area contributed by atoms with Gasteiger partial charge in [0.05, 0.1) is 7.11 Å². The fourth-order valence-corrected chi connectivity index (χ4v) is 2.21. The number of rotatable bonds is 6. The predicted octanol–water partition coefficient (Wildman–Crippen LogP) is 2.15. The highest BCUT2D eigenvalue weighted by molar-refractivity contribution is 7.98. The third kappa shape index (κ3) is 3.84. The smallest absolute Gasteiger partial charge is 0.257 e. The van der Waals surface area contributed by atoms with E-state index in [1.165, 1.54) is 7.11 Å². The Labute approximate surface area is 112 Å². The lowest BCUT2D eigenvalue weighted by Crippen LogP contribution is -2.33. The molecular formula is C13H20N2O2S. The van der Waals surface area contributed by atoms with E-state index in [2.05, 4.69) is 5.32 Å². The van der Waals surface area contributed by atoms with Crippen molar-refractivity contribution < 1.29 is 9.53 Å². The molecule has 5 heteroatoms. The minimum Gasteiger partial charge on any atom is -0.496 e. The van der Waals surface area contributed by atoms with E-state index in [-0.39, 0.29) is 11.9 Å². The predicted molar refractivity (Wildman–Crippen MR) is 77.3 cm³/mol. The van der Waals surface area contributed by atoms with Crippen molar-refractivity contribution in [2.45, 2.75) is 19.4 Å². The van der Waals surface area contributed by atoms with E-state index in [0.717, 1.165) is 12.2 Å². The Balaban J connectivity index is 2.78. The summed E-state index contributed by atoms with van der Waals surface area (Å²) in [5.41, 5.74) is 6.68. The molecule has 1 atom stereocenters. The molecule has 1 aromatic rings. The zero-order valence-electron chi connectivity index (χ0n) is 11.0. The van der Waals surface area contributed by atoms with Gasteiger partial charge in [0.1, 0.15) is 11.3 Å². The largest absolute Gasteiger partial charge is 0.496 e. The highest BCUT2D eigenvalue weighted by atomic mass is 32.2. The van der Waals surface area contributed by atoms with Crippen molar-refractivity contribution in [2.75, 3.05) is 24.9 Å². The van der Waals surface area contributed by atoms with Gasteiger partial charge in [0.15, 0.2) is 0 Å². The molecule has 1 amide bonds. The first-order valence-electron chi connectivity index (χ1n) is 5.82. The van der Waals surface area contributed by atoms with Gasteiger partial charge in [-0.15, -0.1) is 0 Å². The van der Waals surface area contributed by atoms with E-state index in [1.807, 2.05) is 13.2 Å². The van der Waals surface area contributed by atoms with Crippen molar-refractivity contribution in [3.8, 4) is 5.75 Å². The number of hydrogen-bond acceptors (Lipinski definition) is 4. The van der Waals surface area contributed by atoms with Crippen LogP contribution in [0.25, 0.3) is 0 Å². The van der Waals surface area contributed by atoms with Gasteiger partial charge in [-0.25, -0.2) is 0 Å². The van der Waals surface area contributed by atoms with E-state index >= 15 is 0 Å². The van der Waals surface area contributed by atoms with Crippen LogP contribution in [0.3, 0.4) is 0 Å². The summed E-state index contributed by atoms with van der Waals surface area (Å²) in [6.07, 6.45) is 2.98. The normalized spacial score (nSPS) is 11.9. The molecule has 0 heterocycles. The summed E-state index contributed by atoms with van der Waals surface area (Å²) in [5, 5.41) is 2.93. The van der Waals surface area contributed by atoms with Gasteiger partial charge in [-0.05, 0) is 37.5 Å². The van der Waals surface area contributed by atoms with Crippen molar-refractivity contribution in [2.24, 2.45) is 0 Å². The minimum atomic E-state index is -0.182. The number of nitrogens with one attached hydrogen (secondary N) is 1. The average molecular weight is 268 g/mol. The van der Waals surface area contributed by atoms with E-state index in [1.54, 1.807) is 30.0 Å². The molecule has 0 bridgehead atoms. The van der Waals surface area contributed by atoms with Crippen LogP contribution in [0.1, 0.15) is 23.7 Å². The van der Waals surface area contributed by atoms with Gasteiger partial charge in [0.25, 0.3) is 5.91 Å². The van der Waals surface area contributed by atoms with Gasteiger partial charge < -0.3 is 15.8 Å². The molecule has 1 aromatic carbocycles. The molecular weight excluding hydrogens is 248 g/mol. The van der Waals surface area contributed by atoms with Crippen molar-refractivity contribution in [3.05, 3.63) is 23.8 Å². The Kier molecular flexibility index (Phi) is 5.85. The summed E-state index contributed by atoms with van der Waals surface area (Å²) in [6.45, 7) is 1.99. The number of carbonyl (C=O) groups excluding carboxylic acids is 1. The summed E-state index contributed by atoms with van der Waals surface area (Å²) < 4.78 is 5.17. The maximum atomic E-state index is 12.1. The fraction of sp³-hybridized carbons (Fsp3) is 0.462. The quantitative estimate of drug-likeness (QED) is 0.776. The molecule has 0 aromatic heterocycles. The Morgan fingerprint density at radius 2 is 2.28 bits per heavy atom. The number of nitrogens with two attached hydrogens (primary N) is 1. The molecule has 0 aliphatic rings. The molecule has 0 fully saturated rings. The van der Waals surface area contributed by atoms with Crippen LogP contribution in [-0.4, -0.2) is 31.1 Å². The Morgan fingerprint density at radius 1 is 1.56 bits per heavy atom. The highest BCUT2D eigenvalue weighted by Crippen LogP contribution is 2.24. The number of hydrogen-bond donors (Lipinski definition) is 2. The van der Waals surface area contributed by atoms with Crippen LogP contribution in [0.5, 0.6) is 5.75 Å². The molecule has 0 saturated carbocycles. The third-order valence-corrected chi connectivity index (χ3v) is 3.28. The van der Waals surface area contributed by atoms with Crippen LogP contribution in [0, 0.1) is 0 Å². The number of anilines is 1. The zero-order valence-corrected chi connectivity index (χ0v) is 11.8. The number of benzene rings is 1. The lowest BCUT2D eigenvalue weighted by molar-refractivity contribution is 0.0937. The van der Waals surface area contributed by atoms with Crippen molar-refractivity contribution >= 4 is 23.4 Å². The first kappa shape index (κ1) is 14.7. The van der Waals surface area contributed by atoms with Crippen LogP contribution in [-0.2, 0) is 0 Å². The lowest BCUT2D eigenvalue weighted by Gasteiger charge is -2.16. The second-order valence-electron chi connectivity index (χ2n) is 4.08. The summed E-state index contributed by atoms with van der Waals surface area (Å²) in [6, 6.07) is 5.32. The Bertz CT molecular complexity index is 410. The summed E-state index contributed by atoms with van der Waals surface area (Å²) in [4.78, 5) is 12.1. The van der Waals surface area contributed by atoms with E-state index < -0.39 is 0 Å². The van der Waals surface area contributed by atoms with Crippen molar-refractivity contribution in [1.82, 2.24) is 5.32 Å².